The standard InChI is InChI=1S/C16H20N4O/c1-2-3-13-4-6-14(7-5-13)16(21)19-11-8-15(12-19)20-17-9-10-18-20/h4-7,9-10,15H,2-3,8,11-12H2,1H3. The number of carbonyl (C=O) groups excluding carboxylic acids is 1. The molecular weight excluding hydrogens is 264 g/mol. The summed E-state index contributed by atoms with van der Waals surface area (Å²) in [6.07, 6.45) is 6.45. The fourth-order valence-electron chi connectivity index (χ4n) is 2.81. The first-order valence-electron chi connectivity index (χ1n) is 7.52. The zero-order chi connectivity index (χ0) is 14.7. The summed E-state index contributed by atoms with van der Waals surface area (Å²) in [6, 6.07) is 8.18. The van der Waals surface area contributed by atoms with Gasteiger partial charge in [-0.15, -0.1) is 0 Å². The lowest BCUT2D eigenvalue weighted by Crippen LogP contribution is -2.29. The number of nitrogens with zero attached hydrogens (tertiary/aromatic N) is 4. The highest BCUT2D eigenvalue weighted by molar-refractivity contribution is 5.94. The van der Waals surface area contributed by atoms with Crippen molar-refractivity contribution in [2.24, 2.45) is 0 Å². The molecule has 1 unspecified atom stereocenters. The molecule has 0 N–H and O–H groups in total. The van der Waals surface area contributed by atoms with Crippen LogP contribution in [0.25, 0.3) is 0 Å². The Morgan fingerprint density at radius 1 is 1.24 bits per heavy atom. The van der Waals surface area contributed by atoms with Gasteiger partial charge in [0.05, 0.1) is 18.4 Å². The number of rotatable bonds is 4. The lowest BCUT2D eigenvalue weighted by Gasteiger charge is -2.16. The maximum Gasteiger partial charge on any atom is 0.253 e. The van der Waals surface area contributed by atoms with E-state index >= 15 is 0 Å². The second kappa shape index (κ2) is 6.08. The van der Waals surface area contributed by atoms with Crippen molar-refractivity contribution in [2.45, 2.75) is 32.2 Å². The number of hydrogen-bond donors (Lipinski definition) is 0. The topological polar surface area (TPSA) is 51.0 Å². The number of hydrogen-bond acceptors (Lipinski definition) is 3. The van der Waals surface area contributed by atoms with Gasteiger partial charge in [-0.1, -0.05) is 25.5 Å². The highest BCUT2D eigenvalue weighted by atomic mass is 16.2. The first kappa shape index (κ1) is 13.8. The first-order valence-corrected chi connectivity index (χ1v) is 7.52. The zero-order valence-electron chi connectivity index (χ0n) is 12.3. The predicted molar refractivity (Wildman–Crippen MR) is 80.0 cm³/mol. The molecule has 110 valence electrons. The molecule has 1 aromatic carbocycles. The minimum Gasteiger partial charge on any atom is -0.336 e. The number of likely N-dealkylation sites (tertiary alicyclic amines) is 1. The van der Waals surface area contributed by atoms with Gasteiger partial charge < -0.3 is 4.90 Å². The van der Waals surface area contributed by atoms with Crippen molar-refractivity contribution in [2.75, 3.05) is 13.1 Å². The molecule has 21 heavy (non-hydrogen) atoms. The third kappa shape index (κ3) is 2.96. The molecule has 0 bridgehead atoms. The van der Waals surface area contributed by atoms with E-state index in [2.05, 4.69) is 29.3 Å². The van der Waals surface area contributed by atoms with Crippen molar-refractivity contribution in [3.63, 3.8) is 0 Å². The molecule has 1 aromatic heterocycles. The van der Waals surface area contributed by atoms with Gasteiger partial charge in [0.2, 0.25) is 0 Å². The van der Waals surface area contributed by atoms with Crippen LogP contribution in [0.5, 0.6) is 0 Å². The number of aromatic nitrogens is 3. The van der Waals surface area contributed by atoms with Gasteiger partial charge in [0, 0.05) is 18.7 Å². The largest absolute Gasteiger partial charge is 0.336 e. The minimum atomic E-state index is 0.104. The van der Waals surface area contributed by atoms with E-state index in [0.29, 0.717) is 6.54 Å². The van der Waals surface area contributed by atoms with Crippen molar-refractivity contribution in [3.05, 3.63) is 47.8 Å². The van der Waals surface area contributed by atoms with Crippen LogP contribution >= 0.6 is 0 Å². The Bertz CT molecular complexity index is 591. The highest BCUT2D eigenvalue weighted by Crippen LogP contribution is 2.21. The third-order valence-corrected chi connectivity index (χ3v) is 3.95. The first-order chi connectivity index (χ1) is 10.3. The van der Waals surface area contributed by atoms with Crippen molar-refractivity contribution in [1.29, 1.82) is 0 Å². The van der Waals surface area contributed by atoms with Crippen LogP contribution in [-0.4, -0.2) is 38.9 Å². The predicted octanol–water partition coefficient (Wildman–Crippen LogP) is 2.32. The molecule has 1 aliphatic heterocycles. The summed E-state index contributed by atoms with van der Waals surface area (Å²) < 4.78 is 0. The molecule has 0 saturated carbocycles. The summed E-state index contributed by atoms with van der Waals surface area (Å²) in [5.74, 6) is 0.104. The van der Waals surface area contributed by atoms with Crippen LogP contribution in [0.3, 0.4) is 0 Å². The van der Waals surface area contributed by atoms with E-state index in [0.717, 1.165) is 31.4 Å². The Hall–Kier alpha value is -2.17. The van der Waals surface area contributed by atoms with Crippen LogP contribution in [0.1, 0.15) is 41.7 Å². The fourth-order valence-corrected chi connectivity index (χ4v) is 2.81. The Kier molecular flexibility index (Phi) is 3.99. The van der Waals surface area contributed by atoms with E-state index < -0.39 is 0 Å². The molecule has 1 aliphatic rings. The average molecular weight is 284 g/mol. The molecule has 1 fully saturated rings. The van der Waals surface area contributed by atoms with Crippen molar-refractivity contribution in [1.82, 2.24) is 19.9 Å². The SMILES string of the molecule is CCCc1ccc(C(=O)N2CCC(n3nccn3)C2)cc1. The van der Waals surface area contributed by atoms with Gasteiger partial charge in [0.25, 0.3) is 5.91 Å². The number of benzene rings is 1. The van der Waals surface area contributed by atoms with Crippen LogP contribution in [-0.2, 0) is 6.42 Å². The van der Waals surface area contributed by atoms with Gasteiger partial charge in [-0.3, -0.25) is 4.79 Å². The maximum atomic E-state index is 12.5. The summed E-state index contributed by atoms with van der Waals surface area (Å²) in [5.41, 5.74) is 2.05. The summed E-state index contributed by atoms with van der Waals surface area (Å²) in [6.45, 7) is 3.61. The summed E-state index contributed by atoms with van der Waals surface area (Å²) in [4.78, 5) is 16.1. The quantitative estimate of drug-likeness (QED) is 0.865. The fraction of sp³-hybridized carbons (Fsp3) is 0.438. The Balaban J connectivity index is 1.66. The van der Waals surface area contributed by atoms with Gasteiger partial charge in [-0.05, 0) is 30.5 Å². The molecule has 0 radical (unpaired) electrons. The zero-order valence-corrected chi connectivity index (χ0v) is 12.3. The molecule has 2 heterocycles. The molecule has 5 nitrogen and oxygen atoms in total. The van der Waals surface area contributed by atoms with Gasteiger partial charge in [0.1, 0.15) is 0 Å². The molecule has 1 amide bonds. The molecule has 2 aromatic rings. The Morgan fingerprint density at radius 3 is 2.62 bits per heavy atom. The van der Waals surface area contributed by atoms with Gasteiger partial charge in [-0.2, -0.15) is 15.0 Å². The number of amides is 1. The normalized spacial score (nSPS) is 18.1. The van der Waals surface area contributed by atoms with Crippen molar-refractivity contribution < 1.29 is 4.79 Å². The summed E-state index contributed by atoms with van der Waals surface area (Å²) >= 11 is 0. The van der Waals surface area contributed by atoms with E-state index in [-0.39, 0.29) is 11.9 Å². The van der Waals surface area contributed by atoms with E-state index in [1.54, 1.807) is 17.2 Å². The van der Waals surface area contributed by atoms with Crippen LogP contribution in [0.2, 0.25) is 0 Å². The molecular formula is C16H20N4O. The van der Waals surface area contributed by atoms with Crippen LogP contribution < -0.4 is 0 Å². The van der Waals surface area contributed by atoms with Crippen molar-refractivity contribution >= 4 is 5.91 Å². The third-order valence-electron chi connectivity index (χ3n) is 3.95. The van der Waals surface area contributed by atoms with E-state index in [1.165, 1.54) is 5.56 Å². The number of aryl methyl sites for hydroxylation is 1. The van der Waals surface area contributed by atoms with Crippen molar-refractivity contribution in [3.8, 4) is 0 Å². The maximum absolute atomic E-state index is 12.5. The lowest BCUT2D eigenvalue weighted by molar-refractivity contribution is 0.0786. The second-order valence-corrected chi connectivity index (χ2v) is 5.49. The second-order valence-electron chi connectivity index (χ2n) is 5.49. The summed E-state index contributed by atoms with van der Waals surface area (Å²) in [7, 11) is 0. The van der Waals surface area contributed by atoms with E-state index in [9.17, 15) is 4.79 Å². The molecule has 1 atom stereocenters. The van der Waals surface area contributed by atoms with Gasteiger partial charge in [-0.25, -0.2) is 0 Å². The average Bonchev–Trinajstić information content (AvgIpc) is 3.19. The lowest BCUT2D eigenvalue weighted by atomic mass is 10.1. The van der Waals surface area contributed by atoms with Gasteiger partial charge >= 0.3 is 0 Å². The molecule has 0 aliphatic carbocycles. The summed E-state index contributed by atoms with van der Waals surface area (Å²) in [5, 5.41) is 8.33. The highest BCUT2D eigenvalue weighted by Gasteiger charge is 2.28. The number of carbonyl (C=O) groups is 1. The molecule has 1 saturated heterocycles. The van der Waals surface area contributed by atoms with E-state index in [4.69, 9.17) is 0 Å². The Labute approximate surface area is 124 Å². The smallest absolute Gasteiger partial charge is 0.253 e. The van der Waals surface area contributed by atoms with Gasteiger partial charge in [0.15, 0.2) is 0 Å². The van der Waals surface area contributed by atoms with Crippen LogP contribution in [0, 0.1) is 0 Å². The van der Waals surface area contributed by atoms with Crippen LogP contribution in [0.15, 0.2) is 36.7 Å². The molecule has 0 spiro atoms. The van der Waals surface area contributed by atoms with E-state index in [1.807, 2.05) is 17.0 Å². The molecule has 3 rings (SSSR count). The monoisotopic (exact) mass is 284 g/mol. The molecule has 5 heteroatoms. The Morgan fingerprint density at radius 2 is 1.95 bits per heavy atom. The minimum absolute atomic E-state index is 0.104. The van der Waals surface area contributed by atoms with Crippen LogP contribution in [0.4, 0.5) is 0 Å².